The van der Waals surface area contributed by atoms with Gasteiger partial charge in [0.15, 0.2) is 26.8 Å². The zero-order chi connectivity index (χ0) is 23.7. The minimum absolute atomic E-state index is 0.0481. The summed E-state index contributed by atoms with van der Waals surface area (Å²) in [4.78, 5) is 25.6. The third-order valence-electron chi connectivity index (χ3n) is 5.60. The van der Waals surface area contributed by atoms with E-state index >= 15 is 0 Å². The SMILES string of the molecule is COC(=O)C1(C(=O)OC)CC(c2ccc(S(C)(=O)=O)cc2)=C(c2ccc(OC)c(F)c2)C1. The fraction of sp³-hybridized carbons (Fsp3) is 0.304. The highest BCUT2D eigenvalue weighted by atomic mass is 32.2. The van der Waals surface area contributed by atoms with Gasteiger partial charge >= 0.3 is 11.9 Å². The summed E-state index contributed by atoms with van der Waals surface area (Å²) < 4.78 is 52.9. The first-order valence-electron chi connectivity index (χ1n) is 9.60. The summed E-state index contributed by atoms with van der Waals surface area (Å²) in [5.41, 5.74) is 0.554. The van der Waals surface area contributed by atoms with Gasteiger partial charge in [-0.15, -0.1) is 0 Å². The first kappa shape index (κ1) is 23.5. The minimum atomic E-state index is -3.41. The lowest BCUT2D eigenvalue weighted by Crippen LogP contribution is -2.39. The summed E-state index contributed by atoms with van der Waals surface area (Å²) >= 11 is 0. The minimum Gasteiger partial charge on any atom is -0.494 e. The van der Waals surface area contributed by atoms with E-state index in [0.29, 0.717) is 22.3 Å². The molecule has 0 saturated carbocycles. The van der Waals surface area contributed by atoms with Crippen LogP contribution in [0.25, 0.3) is 11.1 Å². The Labute approximate surface area is 185 Å². The molecule has 0 radical (unpaired) electrons. The Morgan fingerprint density at radius 1 is 0.875 bits per heavy atom. The number of carbonyl (C=O) groups excluding carboxylic acids is 2. The molecule has 0 aliphatic heterocycles. The Morgan fingerprint density at radius 3 is 1.81 bits per heavy atom. The van der Waals surface area contributed by atoms with Gasteiger partial charge in [0, 0.05) is 19.1 Å². The van der Waals surface area contributed by atoms with Crippen LogP contribution in [0.4, 0.5) is 4.39 Å². The van der Waals surface area contributed by atoms with Gasteiger partial charge in [0.25, 0.3) is 0 Å². The molecule has 7 nitrogen and oxygen atoms in total. The van der Waals surface area contributed by atoms with E-state index in [1.54, 1.807) is 18.2 Å². The summed E-state index contributed by atoms with van der Waals surface area (Å²) in [6.45, 7) is 0. The largest absolute Gasteiger partial charge is 0.494 e. The van der Waals surface area contributed by atoms with E-state index in [1.165, 1.54) is 45.6 Å². The van der Waals surface area contributed by atoms with Crippen molar-refractivity contribution in [2.75, 3.05) is 27.6 Å². The van der Waals surface area contributed by atoms with Crippen LogP contribution >= 0.6 is 0 Å². The summed E-state index contributed by atoms with van der Waals surface area (Å²) in [5.74, 6) is -2.08. The zero-order valence-electron chi connectivity index (χ0n) is 18.1. The molecule has 0 aromatic heterocycles. The number of esters is 2. The van der Waals surface area contributed by atoms with Crippen molar-refractivity contribution in [1.29, 1.82) is 0 Å². The first-order valence-corrected chi connectivity index (χ1v) is 11.5. The van der Waals surface area contributed by atoms with Crippen LogP contribution in [0.1, 0.15) is 24.0 Å². The summed E-state index contributed by atoms with van der Waals surface area (Å²) in [6.07, 6.45) is 0.983. The Hall–Kier alpha value is -3.20. The molecule has 2 aromatic carbocycles. The van der Waals surface area contributed by atoms with Gasteiger partial charge in [-0.3, -0.25) is 9.59 Å². The van der Waals surface area contributed by atoms with Crippen LogP contribution in [0.3, 0.4) is 0 Å². The second-order valence-electron chi connectivity index (χ2n) is 7.52. The van der Waals surface area contributed by atoms with E-state index in [0.717, 1.165) is 6.26 Å². The predicted octanol–water partition coefficient (Wildman–Crippen LogP) is 3.27. The molecule has 0 spiro atoms. The van der Waals surface area contributed by atoms with E-state index in [2.05, 4.69) is 0 Å². The lowest BCUT2D eigenvalue weighted by molar-refractivity contribution is -0.167. The number of allylic oxidation sites excluding steroid dienone is 2. The maximum atomic E-state index is 14.5. The van der Waals surface area contributed by atoms with Gasteiger partial charge < -0.3 is 14.2 Å². The van der Waals surface area contributed by atoms with Crippen molar-refractivity contribution in [1.82, 2.24) is 0 Å². The van der Waals surface area contributed by atoms with Crippen molar-refractivity contribution in [2.24, 2.45) is 5.41 Å². The fourth-order valence-corrected chi connectivity index (χ4v) is 4.58. The monoisotopic (exact) mass is 462 g/mol. The number of sulfone groups is 1. The van der Waals surface area contributed by atoms with Gasteiger partial charge in [-0.05, 0) is 46.5 Å². The molecule has 0 unspecified atom stereocenters. The van der Waals surface area contributed by atoms with E-state index in [1.807, 2.05) is 0 Å². The second-order valence-corrected chi connectivity index (χ2v) is 9.54. The summed E-state index contributed by atoms with van der Waals surface area (Å²) in [6, 6.07) is 10.4. The molecule has 1 aliphatic carbocycles. The number of carbonyl (C=O) groups is 2. The van der Waals surface area contributed by atoms with E-state index in [9.17, 15) is 22.4 Å². The number of ether oxygens (including phenoxy) is 3. The summed E-state index contributed by atoms with van der Waals surface area (Å²) in [7, 11) is 0.299. The Morgan fingerprint density at radius 2 is 1.38 bits per heavy atom. The fourth-order valence-electron chi connectivity index (χ4n) is 3.95. The average molecular weight is 462 g/mol. The Bertz CT molecular complexity index is 1180. The molecule has 3 rings (SSSR count). The maximum absolute atomic E-state index is 14.5. The molecule has 0 bridgehead atoms. The molecular weight excluding hydrogens is 439 g/mol. The molecule has 2 aromatic rings. The van der Waals surface area contributed by atoms with E-state index in [4.69, 9.17) is 14.2 Å². The lowest BCUT2D eigenvalue weighted by atomic mass is 9.82. The topological polar surface area (TPSA) is 96.0 Å². The van der Waals surface area contributed by atoms with Gasteiger partial charge in [0.05, 0.1) is 26.2 Å². The molecule has 0 atom stereocenters. The predicted molar refractivity (Wildman–Crippen MR) is 115 cm³/mol. The highest BCUT2D eigenvalue weighted by molar-refractivity contribution is 7.90. The highest BCUT2D eigenvalue weighted by Gasteiger charge is 2.53. The van der Waals surface area contributed by atoms with Gasteiger partial charge in [0.2, 0.25) is 0 Å². The first-order chi connectivity index (χ1) is 15.1. The molecule has 0 amide bonds. The second kappa shape index (κ2) is 8.74. The molecule has 0 N–H and O–H groups in total. The molecule has 0 saturated heterocycles. The average Bonchev–Trinajstić information content (AvgIpc) is 3.19. The van der Waals surface area contributed by atoms with Crippen LogP contribution < -0.4 is 4.74 Å². The standard InChI is InChI=1S/C23H23FO7S/c1-29-20-10-7-15(11-19(20)24)18-13-23(21(25)30-2,22(26)31-3)12-17(18)14-5-8-16(9-6-14)32(4,27)28/h5-11H,12-13H2,1-4H3. The van der Waals surface area contributed by atoms with Crippen LogP contribution in [0, 0.1) is 11.2 Å². The van der Waals surface area contributed by atoms with Crippen molar-refractivity contribution < 1.29 is 36.6 Å². The molecule has 32 heavy (non-hydrogen) atoms. The van der Waals surface area contributed by atoms with Crippen molar-refractivity contribution >= 4 is 32.9 Å². The van der Waals surface area contributed by atoms with Crippen molar-refractivity contribution in [3.05, 3.63) is 59.4 Å². The number of rotatable bonds is 6. The van der Waals surface area contributed by atoms with Crippen LogP contribution in [0.15, 0.2) is 47.4 Å². The Balaban J connectivity index is 2.20. The van der Waals surface area contributed by atoms with Crippen LogP contribution in [-0.2, 0) is 28.9 Å². The number of halogens is 1. The zero-order valence-corrected chi connectivity index (χ0v) is 18.9. The quantitative estimate of drug-likeness (QED) is 0.480. The van der Waals surface area contributed by atoms with Crippen molar-refractivity contribution in [3.8, 4) is 5.75 Å². The smallest absolute Gasteiger partial charge is 0.323 e. The number of methoxy groups -OCH3 is 3. The van der Waals surface area contributed by atoms with Crippen molar-refractivity contribution in [2.45, 2.75) is 17.7 Å². The number of benzene rings is 2. The summed E-state index contributed by atoms with van der Waals surface area (Å²) in [5, 5.41) is 0. The molecule has 0 fully saturated rings. The van der Waals surface area contributed by atoms with Gasteiger partial charge in [-0.1, -0.05) is 18.2 Å². The molecular formula is C23H23FO7S. The number of hydrogen-bond acceptors (Lipinski definition) is 7. The lowest BCUT2D eigenvalue weighted by Gasteiger charge is -2.23. The molecule has 9 heteroatoms. The number of hydrogen-bond donors (Lipinski definition) is 0. The van der Waals surface area contributed by atoms with Gasteiger partial charge in [0.1, 0.15) is 0 Å². The maximum Gasteiger partial charge on any atom is 0.323 e. The van der Waals surface area contributed by atoms with E-state index in [-0.39, 0.29) is 23.5 Å². The highest BCUT2D eigenvalue weighted by Crippen LogP contribution is 2.51. The van der Waals surface area contributed by atoms with Gasteiger partial charge in [-0.2, -0.15) is 0 Å². The molecule has 0 heterocycles. The van der Waals surface area contributed by atoms with Crippen LogP contribution in [0.2, 0.25) is 0 Å². The Kier molecular flexibility index (Phi) is 6.41. The van der Waals surface area contributed by atoms with Crippen molar-refractivity contribution in [3.63, 3.8) is 0 Å². The third kappa shape index (κ3) is 4.12. The normalized spacial score (nSPS) is 15.4. The third-order valence-corrected chi connectivity index (χ3v) is 6.73. The van der Waals surface area contributed by atoms with Crippen LogP contribution in [-0.4, -0.2) is 47.9 Å². The van der Waals surface area contributed by atoms with E-state index < -0.39 is 33.0 Å². The van der Waals surface area contributed by atoms with Crippen LogP contribution in [0.5, 0.6) is 5.75 Å². The molecule has 1 aliphatic rings. The van der Waals surface area contributed by atoms with Gasteiger partial charge in [-0.25, -0.2) is 12.8 Å². The molecule has 170 valence electrons.